The van der Waals surface area contributed by atoms with Crippen molar-refractivity contribution in [2.45, 2.75) is 38.8 Å². The highest BCUT2D eigenvalue weighted by Gasteiger charge is 2.58. The van der Waals surface area contributed by atoms with Crippen LogP contribution in [0.3, 0.4) is 0 Å². The molecule has 3 unspecified atom stereocenters. The van der Waals surface area contributed by atoms with Crippen LogP contribution in [0.25, 0.3) is 0 Å². The van der Waals surface area contributed by atoms with Crippen molar-refractivity contribution >= 4 is 17.6 Å². The molecular formula is C19H30N6O2. The van der Waals surface area contributed by atoms with Crippen LogP contribution in [0, 0.1) is 11.3 Å². The van der Waals surface area contributed by atoms with E-state index in [4.69, 9.17) is 4.74 Å². The largest absolute Gasteiger partial charge is 0.377 e. The first-order valence-corrected chi connectivity index (χ1v) is 9.80. The molecule has 1 aromatic rings. The predicted octanol–water partition coefficient (Wildman–Crippen LogP) is 0.848. The Morgan fingerprint density at radius 2 is 2.22 bits per heavy atom. The second-order valence-corrected chi connectivity index (χ2v) is 8.43. The van der Waals surface area contributed by atoms with Crippen molar-refractivity contribution in [1.82, 2.24) is 20.0 Å². The van der Waals surface area contributed by atoms with Gasteiger partial charge in [-0.25, -0.2) is 0 Å². The first-order valence-electron chi connectivity index (χ1n) is 9.80. The van der Waals surface area contributed by atoms with Gasteiger partial charge in [0.15, 0.2) is 5.96 Å². The lowest BCUT2D eigenvalue weighted by Crippen LogP contribution is -2.71. The summed E-state index contributed by atoms with van der Waals surface area (Å²) < 4.78 is 7.72. The molecule has 3 aliphatic rings. The number of aliphatic imine (C=N–C) groups is 1. The van der Waals surface area contributed by atoms with E-state index < -0.39 is 0 Å². The van der Waals surface area contributed by atoms with E-state index in [-0.39, 0.29) is 11.3 Å². The number of aryl methyl sites for hydroxylation is 1. The molecule has 4 rings (SSSR count). The van der Waals surface area contributed by atoms with E-state index >= 15 is 0 Å². The maximum Gasteiger partial charge on any atom is 0.246 e. The second-order valence-electron chi connectivity index (χ2n) is 8.43. The summed E-state index contributed by atoms with van der Waals surface area (Å²) in [5.41, 5.74) is 0.926. The fraction of sp³-hybridized carbons (Fsp3) is 0.737. The number of hydrogen-bond donors (Lipinski definition) is 1. The van der Waals surface area contributed by atoms with Gasteiger partial charge < -0.3 is 19.9 Å². The molecule has 0 radical (unpaired) electrons. The summed E-state index contributed by atoms with van der Waals surface area (Å²) in [6.45, 7) is 7.10. The summed E-state index contributed by atoms with van der Waals surface area (Å²) in [5.74, 6) is 1.41. The second kappa shape index (κ2) is 6.82. The third-order valence-corrected chi connectivity index (χ3v) is 6.35. The van der Waals surface area contributed by atoms with Crippen LogP contribution >= 0.6 is 0 Å². The van der Waals surface area contributed by atoms with E-state index in [1.54, 1.807) is 22.8 Å². The summed E-state index contributed by atoms with van der Waals surface area (Å²) in [6, 6.07) is 0.327. The summed E-state index contributed by atoms with van der Waals surface area (Å²) in [6.07, 6.45) is 6.25. The molecule has 2 saturated heterocycles. The van der Waals surface area contributed by atoms with Crippen molar-refractivity contribution in [2.24, 2.45) is 23.4 Å². The molecule has 0 aromatic carbocycles. The Kier molecular flexibility index (Phi) is 4.61. The van der Waals surface area contributed by atoms with E-state index in [0.29, 0.717) is 31.2 Å². The van der Waals surface area contributed by atoms with Crippen molar-refractivity contribution < 1.29 is 9.53 Å². The van der Waals surface area contributed by atoms with E-state index in [2.05, 4.69) is 34.2 Å². The van der Waals surface area contributed by atoms with E-state index in [0.717, 1.165) is 31.2 Å². The van der Waals surface area contributed by atoms with Crippen LogP contribution in [-0.2, 0) is 16.6 Å². The van der Waals surface area contributed by atoms with Gasteiger partial charge in [0.05, 0.1) is 18.0 Å². The number of nitrogens with one attached hydrogen (secondary N) is 1. The topological polar surface area (TPSA) is 75.0 Å². The van der Waals surface area contributed by atoms with E-state index in [9.17, 15) is 4.79 Å². The first kappa shape index (κ1) is 18.3. The van der Waals surface area contributed by atoms with Gasteiger partial charge in [0.25, 0.3) is 0 Å². The molecule has 2 aliphatic heterocycles. The minimum atomic E-state index is 0.0720. The summed E-state index contributed by atoms with van der Waals surface area (Å²) >= 11 is 0. The maximum atomic E-state index is 12.7. The van der Waals surface area contributed by atoms with Gasteiger partial charge in [-0.05, 0) is 12.8 Å². The van der Waals surface area contributed by atoms with Crippen LogP contribution < -0.4 is 10.2 Å². The Hall–Kier alpha value is -2.09. The number of nitrogens with zero attached hydrogens (tertiary/aromatic N) is 5. The lowest BCUT2D eigenvalue weighted by molar-refractivity contribution is -0.188. The number of hydrogen-bond acceptors (Lipinski definition) is 4. The Bertz CT molecular complexity index is 742. The van der Waals surface area contributed by atoms with Crippen molar-refractivity contribution in [3.63, 3.8) is 0 Å². The summed E-state index contributed by atoms with van der Waals surface area (Å²) in [5, 5.41) is 7.82. The van der Waals surface area contributed by atoms with Crippen molar-refractivity contribution in [1.29, 1.82) is 0 Å². The molecule has 148 valence electrons. The summed E-state index contributed by atoms with van der Waals surface area (Å²) in [4.78, 5) is 21.0. The number of anilines is 1. The Morgan fingerprint density at radius 1 is 1.41 bits per heavy atom. The Labute approximate surface area is 160 Å². The van der Waals surface area contributed by atoms with Crippen LogP contribution in [0.2, 0.25) is 0 Å². The summed E-state index contributed by atoms with van der Waals surface area (Å²) in [7, 11) is 3.65. The number of amides is 1. The minimum absolute atomic E-state index is 0.0720. The molecule has 0 spiro atoms. The zero-order valence-corrected chi connectivity index (χ0v) is 16.7. The lowest BCUT2D eigenvalue weighted by atomic mass is 9.55. The molecule has 8 heteroatoms. The molecule has 0 bridgehead atoms. The zero-order chi connectivity index (χ0) is 19.2. The van der Waals surface area contributed by atoms with Crippen molar-refractivity contribution in [3.8, 4) is 0 Å². The SMILES string of the molecule is CN=C(NC1C2CCCOC2C1(C)C)N1CCN(c2cnn(C)c2)C(=O)C1. The van der Waals surface area contributed by atoms with Gasteiger partial charge in [0.2, 0.25) is 5.91 Å². The number of aromatic nitrogens is 2. The smallest absolute Gasteiger partial charge is 0.246 e. The van der Waals surface area contributed by atoms with Crippen LogP contribution in [0.1, 0.15) is 26.7 Å². The Morgan fingerprint density at radius 3 is 2.89 bits per heavy atom. The number of carbonyl (C=O) groups excluding carboxylic acids is 1. The highest BCUT2D eigenvalue weighted by Crippen LogP contribution is 2.51. The van der Waals surface area contributed by atoms with Gasteiger partial charge in [0, 0.05) is 57.4 Å². The number of rotatable bonds is 2. The van der Waals surface area contributed by atoms with E-state index in [1.165, 1.54) is 6.42 Å². The minimum Gasteiger partial charge on any atom is -0.377 e. The molecule has 3 heterocycles. The van der Waals surface area contributed by atoms with Gasteiger partial charge in [-0.1, -0.05) is 13.8 Å². The first-order chi connectivity index (χ1) is 12.9. The highest BCUT2D eigenvalue weighted by atomic mass is 16.5. The molecular weight excluding hydrogens is 344 g/mol. The molecule has 1 aromatic heterocycles. The monoisotopic (exact) mass is 374 g/mol. The fourth-order valence-electron chi connectivity index (χ4n) is 4.93. The van der Waals surface area contributed by atoms with Gasteiger partial charge in [-0.2, -0.15) is 5.10 Å². The number of ether oxygens (including phenoxy) is 1. The molecule has 3 atom stereocenters. The van der Waals surface area contributed by atoms with Crippen LogP contribution in [0.15, 0.2) is 17.4 Å². The van der Waals surface area contributed by atoms with Gasteiger partial charge in [-0.3, -0.25) is 14.5 Å². The molecule has 3 fully saturated rings. The van der Waals surface area contributed by atoms with Gasteiger partial charge >= 0.3 is 0 Å². The lowest BCUT2D eigenvalue weighted by Gasteiger charge is -2.60. The number of guanidine groups is 1. The van der Waals surface area contributed by atoms with E-state index in [1.807, 2.05) is 13.2 Å². The molecule has 1 aliphatic carbocycles. The Balaban J connectivity index is 1.41. The highest BCUT2D eigenvalue weighted by molar-refractivity contribution is 5.98. The number of carbonyl (C=O) groups is 1. The third kappa shape index (κ3) is 3.09. The molecule has 1 saturated carbocycles. The van der Waals surface area contributed by atoms with Gasteiger partial charge in [-0.15, -0.1) is 0 Å². The molecule has 1 amide bonds. The average molecular weight is 374 g/mol. The van der Waals surface area contributed by atoms with Crippen LogP contribution in [0.4, 0.5) is 5.69 Å². The van der Waals surface area contributed by atoms with Crippen LogP contribution in [0.5, 0.6) is 0 Å². The van der Waals surface area contributed by atoms with Crippen LogP contribution in [-0.4, -0.2) is 72.0 Å². The number of piperazine rings is 1. The van der Waals surface area contributed by atoms with Crippen molar-refractivity contribution in [2.75, 3.05) is 38.2 Å². The van der Waals surface area contributed by atoms with Crippen molar-refractivity contribution in [3.05, 3.63) is 12.4 Å². The zero-order valence-electron chi connectivity index (χ0n) is 16.7. The standard InChI is InChI=1S/C19H30N6O2/c1-19(2)16(14-6-5-9-27-17(14)19)22-18(20-3)24-7-8-25(15(26)12-24)13-10-21-23(4)11-13/h10-11,14,16-17H,5-9,12H2,1-4H3,(H,20,22). The van der Waals surface area contributed by atoms with Gasteiger partial charge in [0.1, 0.15) is 6.54 Å². The molecule has 27 heavy (non-hydrogen) atoms. The average Bonchev–Trinajstić information content (AvgIpc) is 3.08. The quantitative estimate of drug-likeness (QED) is 0.614. The normalized spacial score (nSPS) is 30.7. The third-order valence-electron chi connectivity index (χ3n) is 6.35. The predicted molar refractivity (Wildman–Crippen MR) is 104 cm³/mol. The fourth-order valence-corrected chi connectivity index (χ4v) is 4.93. The molecule has 1 N–H and O–H groups in total. The maximum absolute atomic E-state index is 12.7. The number of fused-ring (bicyclic) bond motifs is 1. The molecule has 8 nitrogen and oxygen atoms in total.